The Bertz CT molecular complexity index is 1030. The largest absolute Gasteiger partial charge is 0.480 e. The van der Waals surface area contributed by atoms with E-state index in [0.717, 1.165) is 24.0 Å². The monoisotopic (exact) mass is 480 g/mol. The van der Waals surface area contributed by atoms with E-state index < -0.39 is 12.1 Å². The Balaban J connectivity index is 1.33. The Morgan fingerprint density at radius 1 is 1.03 bits per heavy atom. The van der Waals surface area contributed by atoms with Crippen molar-refractivity contribution in [1.82, 2.24) is 10.2 Å². The molecule has 0 bridgehead atoms. The Hall–Kier alpha value is -3.39. The van der Waals surface area contributed by atoms with Crippen LogP contribution in [0.5, 0.6) is 0 Å². The fourth-order valence-corrected chi connectivity index (χ4v) is 5.24. The summed E-state index contributed by atoms with van der Waals surface area (Å²) in [4.78, 5) is 38.2. The van der Waals surface area contributed by atoms with Gasteiger partial charge in [0.15, 0.2) is 0 Å². The summed E-state index contributed by atoms with van der Waals surface area (Å²) in [7, 11) is 1.51. The number of ether oxygens (including phenoxy) is 2. The maximum Gasteiger partial charge on any atom is 0.407 e. The van der Waals surface area contributed by atoms with E-state index in [9.17, 15) is 14.4 Å². The smallest absolute Gasteiger partial charge is 0.407 e. The fraction of sp³-hybridized carbons (Fsp3) is 0.444. The molecule has 0 spiro atoms. The molecule has 2 aromatic carbocycles. The normalized spacial score (nSPS) is 18.9. The number of amides is 2. The predicted octanol–water partition coefficient (Wildman–Crippen LogP) is 3.64. The first-order valence-corrected chi connectivity index (χ1v) is 12.1. The summed E-state index contributed by atoms with van der Waals surface area (Å²) in [5.41, 5.74) is 4.65. The number of carboxylic acids is 1. The second-order valence-electron chi connectivity index (χ2n) is 9.18. The second kappa shape index (κ2) is 11.4. The van der Waals surface area contributed by atoms with Gasteiger partial charge in [0.05, 0.1) is 6.61 Å². The predicted molar refractivity (Wildman–Crippen MR) is 130 cm³/mol. The molecule has 0 radical (unpaired) electrons. The van der Waals surface area contributed by atoms with Crippen LogP contribution in [-0.2, 0) is 19.1 Å². The molecule has 0 saturated heterocycles. The Labute approximate surface area is 205 Å². The maximum atomic E-state index is 13.0. The van der Waals surface area contributed by atoms with Crippen LogP contribution in [0.15, 0.2) is 48.5 Å². The molecule has 8 nitrogen and oxygen atoms in total. The van der Waals surface area contributed by atoms with Gasteiger partial charge in [0.2, 0.25) is 5.91 Å². The van der Waals surface area contributed by atoms with E-state index in [2.05, 4.69) is 29.6 Å². The highest BCUT2D eigenvalue weighted by atomic mass is 16.5. The average Bonchev–Trinajstić information content (AvgIpc) is 3.18. The van der Waals surface area contributed by atoms with Gasteiger partial charge in [0.25, 0.3) is 0 Å². The van der Waals surface area contributed by atoms with Crippen molar-refractivity contribution in [2.75, 3.05) is 33.4 Å². The van der Waals surface area contributed by atoms with Gasteiger partial charge in [-0.3, -0.25) is 9.59 Å². The van der Waals surface area contributed by atoms with Crippen molar-refractivity contribution in [3.63, 3.8) is 0 Å². The molecule has 4 rings (SSSR count). The molecule has 2 atom stereocenters. The van der Waals surface area contributed by atoms with E-state index in [1.807, 2.05) is 24.3 Å². The number of hydrogen-bond donors (Lipinski definition) is 2. The first-order valence-electron chi connectivity index (χ1n) is 12.1. The lowest BCUT2D eigenvalue weighted by atomic mass is 9.84. The Morgan fingerprint density at radius 3 is 2.31 bits per heavy atom. The number of carbonyl (C=O) groups excluding carboxylic acids is 2. The van der Waals surface area contributed by atoms with Gasteiger partial charge >= 0.3 is 12.1 Å². The minimum Gasteiger partial charge on any atom is -0.480 e. The Kier molecular flexibility index (Phi) is 8.02. The zero-order valence-electron chi connectivity index (χ0n) is 19.9. The number of carboxylic acid groups (broad SMARTS) is 1. The summed E-state index contributed by atoms with van der Waals surface area (Å²) in [5, 5.41) is 12.1. The average molecular weight is 481 g/mol. The van der Waals surface area contributed by atoms with Gasteiger partial charge in [0, 0.05) is 31.5 Å². The van der Waals surface area contributed by atoms with Gasteiger partial charge in [-0.1, -0.05) is 55.0 Å². The number of nitrogens with zero attached hydrogens (tertiary/aromatic N) is 1. The van der Waals surface area contributed by atoms with Crippen LogP contribution in [0.25, 0.3) is 11.1 Å². The van der Waals surface area contributed by atoms with Crippen molar-refractivity contribution >= 4 is 18.0 Å². The molecule has 8 heteroatoms. The number of rotatable bonds is 9. The molecule has 1 saturated carbocycles. The second-order valence-corrected chi connectivity index (χ2v) is 9.18. The number of hydrogen-bond acceptors (Lipinski definition) is 5. The van der Waals surface area contributed by atoms with Crippen molar-refractivity contribution in [3.05, 3.63) is 59.7 Å². The van der Waals surface area contributed by atoms with Crippen LogP contribution in [0.2, 0.25) is 0 Å². The molecule has 186 valence electrons. The van der Waals surface area contributed by atoms with E-state index in [4.69, 9.17) is 14.6 Å². The summed E-state index contributed by atoms with van der Waals surface area (Å²) in [6.07, 6.45) is 2.17. The standard InChI is InChI=1S/C27H32N2O6/c1-34-14-13-29(16-25(30)31)26(32)18-7-6-8-19(15-18)28-27(33)35-17-24-22-11-4-2-9-20(22)21-10-3-5-12-23(21)24/h2-5,9-12,18-19,24H,6-8,13-17H2,1H3,(H,28,33)(H,30,31). The van der Waals surface area contributed by atoms with Gasteiger partial charge < -0.3 is 24.8 Å². The highest BCUT2D eigenvalue weighted by molar-refractivity contribution is 5.83. The molecular weight excluding hydrogens is 448 g/mol. The molecule has 2 aliphatic carbocycles. The lowest BCUT2D eigenvalue weighted by Gasteiger charge is -2.32. The summed E-state index contributed by atoms with van der Waals surface area (Å²) < 4.78 is 10.7. The van der Waals surface area contributed by atoms with E-state index in [0.29, 0.717) is 12.8 Å². The summed E-state index contributed by atoms with van der Waals surface area (Å²) in [5.74, 6) is -1.61. The summed E-state index contributed by atoms with van der Waals surface area (Å²) >= 11 is 0. The molecule has 2 N–H and O–H groups in total. The fourth-order valence-electron chi connectivity index (χ4n) is 5.24. The number of fused-ring (bicyclic) bond motifs is 3. The lowest BCUT2D eigenvalue weighted by molar-refractivity contribution is -0.147. The minimum absolute atomic E-state index is 0.0146. The van der Waals surface area contributed by atoms with Crippen LogP contribution in [0.4, 0.5) is 4.79 Å². The van der Waals surface area contributed by atoms with Gasteiger partial charge in [-0.05, 0) is 41.5 Å². The molecule has 2 unspecified atom stereocenters. The van der Waals surface area contributed by atoms with Crippen LogP contribution in [-0.4, -0.2) is 67.4 Å². The number of aliphatic carboxylic acids is 1. The summed E-state index contributed by atoms with van der Waals surface area (Å²) in [6.45, 7) is 0.372. The molecule has 0 aromatic heterocycles. The van der Waals surface area contributed by atoms with E-state index in [-0.39, 0.29) is 50.1 Å². The summed E-state index contributed by atoms with van der Waals surface area (Å²) in [6, 6.07) is 16.2. The molecule has 2 aromatic rings. The molecule has 2 amide bonds. The highest BCUT2D eigenvalue weighted by Crippen LogP contribution is 2.44. The molecule has 0 aliphatic heterocycles. The van der Waals surface area contributed by atoms with Crippen LogP contribution >= 0.6 is 0 Å². The third kappa shape index (κ3) is 5.82. The van der Waals surface area contributed by atoms with Crippen LogP contribution in [0.1, 0.15) is 42.7 Å². The first kappa shape index (κ1) is 24.7. The van der Waals surface area contributed by atoms with Gasteiger partial charge in [-0.2, -0.15) is 0 Å². The van der Waals surface area contributed by atoms with Gasteiger partial charge in [-0.25, -0.2) is 4.79 Å². The SMILES string of the molecule is COCCN(CC(=O)O)C(=O)C1CCCC(NC(=O)OCC2c3ccccc3-c3ccccc32)C1. The molecule has 0 heterocycles. The van der Waals surface area contributed by atoms with E-state index in [1.54, 1.807) is 0 Å². The van der Waals surface area contributed by atoms with Crippen molar-refractivity contribution < 1.29 is 29.0 Å². The number of carbonyl (C=O) groups is 3. The number of nitrogens with one attached hydrogen (secondary N) is 1. The van der Waals surface area contributed by atoms with Crippen LogP contribution < -0.4 is 5.32 Å². The maximum absolute atomic E-state index is 13.0. The van der Waals surface area contributed by atoms with Crippen LogP contribution in [0, 0.1) is 5.92 Å². The molecule has 35 heavy (non-hydrogen) atoms. The van der Waals surface area contributed by atoms with Crippen molar-refractivity contribution in [2.24, 2.45) is 5.92 Å². The first-order chi connectivity index (χ1) is 17.0. The Morgan fingerprint density at radius 2 is 1.69 bits per heavy atom. The molecule has 2 aliphatic rings. The van der Waals surface area contributed by atoms with Gasteiger partial charge in [0.1, 0.15) is 13.2 Å². The van der Waals surface area contributed by atoms with Gasteiger partial charge in [-0.15, -0.1) is 0 Å². The van der Waals surface area contributed by atoms with E-state index in [1.165, 1.54) is 23.1 Å². The quantitative estimate of drug-likeness (QED) is 0.568. The number of alkyl carbamates (subject to hydrolysis) is 1. The van der Waals surface area contributed by atoms with E-state index >= 15 is 0 Å². The topological polar surface area (TPSA) is 105 Å². The van der Waals surface area contributed by atoms with Crippen molar-refractivity contribution in [2.45, 2.75) is 37.6 Å². The number of methoxy groups -OCH3 is 1. The zero-order valence-corrected chi connectivity index (χ0v) is 19.9. The molecule has 1 fully saturated rings. The van der Waals surface area contributed by atoms with Crippen molar-refractivity contribution in [1.29, 1.82) is 0 Å². The minimum atomic E-state index is -1.06. The van der Waals surface area contributed by atoms with Crippen molar-refractivity contribution in [3.8, 4) is 11.1 Å². The zero-order chi connectivity index (χ0) is 24.8. The third-order valence-corrected chi connectivity index (χ3v) is 6.89. The third-order valence-electron chi connectivity index (χ3n) is 6.89. The lowest BCUT2D eigenvalue weighted by Crippen LogP contribution is -2.46. The number of benzene rings is 2. The highest BCUT2D eigenvalue weighted by Gasteiger charge is 2.33. The van der Waals surface area contributed by atoms with Crippen LogP contribution in [0.3, 0.4) is 0 Å². The molecular formula is C27H32N2O6.